The van der Waals surface area contributed by atoms with E-state index in [4.69, 9.17) is 33.2 Å². The van der Waals surface area contributed by atoms with Gasteiger partial charge >= 0.3 is 23.9 Å². The number of esters is 4. The molecule has 0 radical (unpaired) electrons. The molecule has 15 heteroatoms. The highest BCUT2D eigenvalue weighted by Crippen LogP contribution is 2.39. The van der Waals surface area contributed by atoms with Gasteiger partial charge in [-0.1, -0.05) is 40.0 Å². The summed E-state index contributed by atoms with van der Waals surface area (Å²) in [5.74, 6) is -5.32. The second-order valence-electron chi connectivity index (χ2n) is 10.8. The van der Waals surface area contributed by atoms with Gasteiger partial charge in [-0.05, 0) is 19.3 Å². The molecule has 0 aromatic rings. The Balaban J connectivity index is 2.56. The number of aliphatic hydroxyl groups is 4. The summed E-state index contributed by atoms with van der Waals surface area (Å²) in [7, 11) is 0. The molecule has 0 spiro atoms. The van der Waals surface area contributed by atoms with Gasteiger partial charge in [0.2, 0.25) is 12.1 Å². The number of aliphatic hydroxyl groups excluding tert-OH is 4. The molecule has 9 atom stereocenters. The first kappa shape index (κ1) is 37.8. The van der Waals surface area contributed by atoms with Gasteiger partial charge in [0.15, 0.2) is 24.4 Å². The lowest BCUT2D eigenvalue weighted by Gasteiger charge is -2.46. The molecule has 15 nitrogen and oxygen atoms in total. The van der Waals surface area contributed by atoms with Crippen molar-refractivity contribution in [3.8, 4) is 0 Å². The molecule has 2 saturated heterocycles. The third kappa shape index (κ3) is 10.1. The van der Waals surface area contributed by atoms with Gasteiger partial charge in [0.25, 0.3) is 0 Å². The maximum Gasteiger partial charge on any atom is 0.306 e. The Hall–Kier alpha value is -2.40. The van der Waals surface area contributed by atoms with Crippen LogP contribution >= 0.6 is 0 Å². The number of unbranched alkanes of at least 4 members (excludes halogenated alkanes) is 3. The van der Waals surface area contributed by atoms with Gasteiger partial charge in [-0.2, -0.15) is 0 Å². The van der Waals surface area contributed by atoms with Crippen LogP contribution in [-0.2, 0) is 52.3 Å². The fourth-order valence-corrected chi connectivity index (χ4v) is 4.90. The van der Waals surface area contributed by atoms with Crippen LogP contribution < -0.4 is 0 Å². The van der Waals surface area contributed by atoms with Crippen LogP contribution in [0.25, 0.3) is 0 Å². The van der Waals surface area contributed by atoms with Crippen LogP contribution in [0.4, 0.5) is 0 Å². The molecule has 2 aliphatic rings. The zero-order chi connectivity index (χ0) is 32.9. The van der Waals surface area contributed by atoms with Crippen LogP contribution in [-0.4, -0.2) is 119 Å². The fraction of sp³-hybridized carbons (Fsp3) is 0.862. The van der Waals surface area contributed by atoms with Crippen LogP contribution in [0.2, 0.25) is 0 Å². The monoisotopic (exact) mass is 636 g/mol. The molecule has 254 valence electrons. The number of hydrogen-bond donors (Lipinski definition) is 4. The standard InChI is InChI=1S/C29H48O15/c1-5-8-11-20(34)40-23-18(14-30)39-28(44-29(16-32)27(37)24(38-17(4)33)19(15-31)43-29)26(42-22(36)13-10-7-3)25(23)41-21(35)12-9-6-2/h18-19,23-28,30-32,37H,5-16H2,1-4H3. The van der Waals surface area contributed by atoms with E-state index in [1.165, 1.54) is 0 Å². The third-order valence-corrected chi connectivity index (χ3v) is 7.27. The Morgan fingerprint density at radius 1 is 0.682 bits per heavy atom. The zero-order valence-corrected chi connectivity index (χ0v) is 25.9. The van der Waals surface area contributed by atoms with E-state index in [0.29, 0.717) is 38.5 Å². The maximum absolute atomic E-state index is 12.9. The summed E-state index contributed by atoms with van der Waals surface area (Å²) < 4.78 is 39.6. The van der Waals surface area contributed by atoms with Gasteiger partial charge in [-0.25, -0.2) is 0 Å². The fourth-order valence-electron chi connectivity index (χ4n) is 4.90. The van der Waals surface area contributed by atoms with E-state index in [9.17, 15) is 39.6 Å². The molecule has 0 amide bonds. The first-order valence-electron chi connectivity index (χ1n) is 15.3. The van der Waals surface area contributed by atoms with E-state index in [1.54, 1.807) is 0 Å². The molecule has 2 heterocycles. The average Bonchev–Trinajstić information content (AvgIpc) is 3.26. The predicted octanol–water partition coefficient (Wildman–Crippen LogP) is 0.399. The molecule has 2 aliphatic heterocycles. The first-order valence-corrected chi connectivity index (χ1v) is 15.3. The average molecular weight is 637 g/mol. The number of hydrogen-bond acceptors (Lipinski definition) is 15. The highest BCUT2D eigenvalue weighted by Gasteiger charge is 2.61. The smallest absolute Gasteiger partial charge is 0.306 e. The quantitative estimate of drug-likeness (QED) is 0.118. The van der Waals surface area contributed by atoms with Gasteiger partial charge in [0, 0.05) is 26.2 Å². The topological polar surface area (TPSA) is 214 Å². The van der Waals surface area contributed by atoms with Crippen molar-refractivity contribution in [1.82, 2.24) is 0 Å². The van der Waals surface area contributed by atoms with E-state index < -0.39 is 98.5 Å². The lowest BCUT2D eigenvalue weighted by Crippen LogP contribution is -2.65. The van der Waals surface area contributed by atoms with E-state index in [-0.39, 0.29) is 19.3 Å². The maximum atomic E-state index is 12.9. The van der Waals surface area contributed by atoms with Crippen LogP contribution in [0.1, 0.15) is 85.5 Å². The van der Waals surface area contributed by atoms with Crippen LogP contribution in [0.15, 0.2) is 0 Å². The van der Waals surface area contributed by atoms with Crippen molar-refractivity contribution < 1.29 is 72.8 Å². The molecule has 4 N–H and O–H groups in total. The number of ether oxygens (including phenoxy) is 7. The number of carbonyl (C=O) groups excluding carboxylic acids is 4. The molecule has 0 aromatic carbocycles. The minimum absolute atomic E-state index is 0.0131. The van der Waals surface area contributed by atoms with Crippen molar-refractivity contribution in [2.75, 3.05) is 19.8 Å². The molecule has 2 fully saturated rings. The lowest BCUT2D eigenvalue weighted by atomic mass is 9.97. The predicted molar refractivity (Wildman–Crippen MR) is 148 cm³/mol. The molecule has 2 rings (SSSR count). The first-order chi connectivity index (χ1) is 21.0. The Labute approximate surface area is 257 Å². The van der Waals surface area contributed by atoms with E-state index in [0.717, 1.165) is 6.92 Å². The molecular formula is C29H48O15. The Morgan fingerprint density at radius 3 is 1.59 bits per heavy atom. The molecule has 0 aliphatic carbocycles. The van der Waals surface area contributed by atoms with Crippen LogP contribution in [0, 0.1) is 0 Å². The van der Waals surface area contributed by atoms with E-state index >= 15 is 0 Å². The summed E-state index contributed by atoms with van der Waals surface area (Å²) in [6.07, 6.45) is -9.05. The second-order valence-corrected chi connectivity index (χ2v) is 10.8. The zero-order valence-electron chi connectivity index (χ0n) is 25.9. The van der Waals surface area contributed by atoms with E-state index in [2.05, 4.69) is 0 Å². The van der Waals surface area contributed by atoms with Crippen LogP contribution in [0.3, 0.4) is 0 Å². The van der Waals surface area contributed by atoms with Gasteiger partial charge in [0.1, 0.15) is 24.9 Å². The van der Waals surface area contributed by atoms with Crippen molar-refractivity contribution >= 4 is 23.9 Å². The Morgan fingerprint density at radius 2 is 1.16 bits per heavy atom. The van der Waals surface area contributed by atoms with Crippen molar-refractivity contribution in [2.24, 2.45) is 0 Å². The van der Waals surface area contributed by atoms with Gasteiger partial charge in [0.05, 0.1) is 13.2 Å². The van der Waals surface area contributed by atoms with Gasteiger partial charge in [-0.3, -0.25) is 19.2 Å². The highest BCUT2D eigenvalue weighted by molar-refractivity contribution is 5.71. The summed E-state index contributed by atoms with van der Waals surface area (Å²) in [6, 6.07) is 0. The van der Waals surface area contributed by atoms with Crippen LogP contribution in [0.5, 0.6) is 0 Å². The lowest BCUT2D eigenvalue weighted by molar-refractivity contribution is -0.384. The van der Waals surface area contributed by atoms with Crippen molar-refractivity contribution in [2.45, 2.75) is 140 Å². The third-order valence-electron chi connectivity index (χ3n) is 7.27. The SMILES string of the molecule is CCCCC(=O)OC1C(CO)OC(OC2(CO)OC(CO)C(OC(C)=O)C2O)C(OC(=O)CCCC)C1OC(=O)CCCC. The summed E-state index contributed by atoms with van der Waals surface area (Å²) in [4.78, 5) is 50.2. The highest BCUT2D eigenvalue weighted by atomic mass is 16.8. The van der Waals surface area contributed by atoms with Crippen molar-refractivity contribution in [3.63, 3.8) is 0 Å². The van der Waals surface area contributed by atoms with Gasteiger partial charge < -0.3 is 53.6 Å². The minimum Gasteiger partial charge on any atom is -0.457 e. The number of carbonyl (C=O) groups is 4. The van der Waals surface area contributed by atoms with Crippen molar-refractivity contribution in [1.29, 1.82) is 0 Å². The normalized spacial score (nSPS) is 31.7. The molecule has 0 aromatic heterocycles. The van der Waals surface area contributed by atoms with Crippen molar-refractivity contribution in [3.05, 3.63) is 0 Å². The Kier molecular flexibility index (Phi) is 15.9. The largest absolute Gasteiger partial charge is 0.457 e. The molecule has 0 bridgehead atoms. The summed E-state index contributed by atoms with van der Waals surface area (Å²) in [6.45, 7) is 4.11. The van der Waals surface area contributed by atoms with Gasteiger partial charge in [-0.15, -0.1) is 0 Å². The summed E-state index contributed by atoms with van der Waals surface area (Å²) >= 11 is 0. The summed E-state index contributed by atoms with van der Waals surface area (Å²) in [5, 5.41) is 41.5. The molecule has 9 unspecified atom stereocenters. The molecule has 0 saturated carbocycles. The Bertz CT molecular complexity index is 928. The molecular weight excluding hydrogens is 588 g/mol. The van der Waals surface area contributed by atoms with E-state index in [1.807, 2.05) is 20.8 Å². The molecule has 44 heavy (non-hydrogen) atoms. The minimum atomic E-state index is -2.40. The second kappa shape index (κ2) is 18.5. The summed E-state index contributed by atoms with van der Waals surface area (Å²) in [5.41, 5.74) is 0. The number of rotatable bonds is 18.